The molecule has 2 N–H and O–H groups in total. The molecular weight excluding hydrogens is 180 g/mol. The van der Waals surface area contributed by atoms with Crippen molar-refractivity contribution in [2.24, 2.45) is 11.8 Å². The van der Waals surface area contributed by atoms with Gasteiger partial charge in [-0.15, -0.1) is 0 Å². The number of rotatable bonds is 7. The Morgan fingerprint density at radius 1 is 1.21 bits per heavy atom. The minimum Gasteiger partial charge on any atom is -0.513 e. The van der Waals surface area contributed by atoms with Gasteiger partial charge in [0.15, 0.2) is 0 Å². The van der Waals surface area contributed by atoms with Crippen molar-refractivity contribution in [3.05, 3.63) is 12.3 Å². The number of hydrogen-bond donors (Lipinski definition) is 2. The molecule has 82 valence electrons. The Labute approximate surface area is 85.4 Å². The van der Waals surface area contributed by atoms with Crippen LogP contribution in [0.2, 0.25) is 0 Å². The van der Waals surface area contributed by atoms with E-state index in [1.165, 1.54) is 0 Å². The van der Waals surface area contributed by atoms with E-state index in [1.54, 1.807) is 0 Å². The summed E-state index contributed by atoms with van der Waals surface area (Å²) in [7, 11) is 0. The lowest BCUT2D eigenvalue weighted by Crippen LogP contribution is -2.11. The summed E-state index contributed by atoms with van der Waals surface area (Å²) in [6.45, 7) is 7.57. The van der Waals surface area contributed by atoms with Crippen LogP contribution in [0.15, 0.2) is 12.3 Å². The second kappa shape index (κ2) is 6.46. The van der Waals surface area contributed by atoms with E-state index in [9.17, 15) is 4.79 Å². The first kappa shape index (κ1) is 13.0. The molecule has 1 atom stereocenters. The SMILES string of the molecule is C=C(O)CCC(CCC(=O)O)C(C)C. The fourth-order valence-electron chi connectivity index (χ4n) is 1.47. The quantitative estimate of drug-likeness (QED) is 0.621. The predicted octanol–water partition coefficient (Wildman–Crippen LogP) is 2.98. The Hall–Kier alpha value is -0.990. The van der Waals surface area contributed by atoms with E-state index >= 15 is 0 Å². The molecule has 3 heteroatoms. The van der Waals surface area contributed by atoms with Gasteiger partial charge in [0.25, 0.3) is 0 Å². The largest absolute Gasteiger partial charge is 0.513 e. The monoisotopic (exact) mass is 200 g/mol. The van der Waals surface area contributed by atoms with Crippen LogP contribution in [-0.4, -0.2) is 16.2 Å². The Kier molecular flexibility index (Phi) is 6.00. The van der Waals surface area contributed by atoms with Gasteiger partial charge in [0.1, 0.15) is 0 Å². The zero-order valence-corrected chi connectivity index (χ0v) is 8.99. The smallest absolute Gasteiger partial charge is 0.303 e. The molecule has 1 unspecified atom stereocenters. The maximum absolute atomic E-state index is 10.4. The average molecular weight is 200 g/mol. The van der Waals surface area contributed by atoms with E-state index in [1.807, 2.05) is 0 Å². The van der Waals surface area contributed by atoms with Crippen LogP contribution in [0.4, 0.5) is 0 Å². The topological polar surface area (TPSA) is 57.5 Å². The number of carbonyl (C=O) groups is 1. The lowest BCUT2D eigenvalue weighted by Gasteiger charge is -2.19. The molecule has 0 aromatic heterocycles. The first-order valence-electron chi connectivity index (χ1n) is 5.02. The lowest BCUT2D eigenvalue weighted by atomic mass is 9.87. The maximum atomic E-state index is 10.4. The van der Waals surface area contributed by atoms with Crippen molar-refractivity contribution in [1.29, 1.82) is 0 Å². The number of carboxylic acids is 1. The predicted molar refractivity (Wildman–Crippen MR) is 56.2 cm³/mol. The van der Waals surface area contributed by atoms with Gasteiger partial charge in [-0.3, -0.25) is 4.79 Å². The highest BCUT2D eigenvalue weighted by atomic mass is 16.4. The van der Waals surface area contributed by atoms with Crippen LogP contribution in [0.5, 0.6) is 0 Å². The fraction of sp³-hybridized carbons (Fsp3) is 0.727. The molecule has 0 bridgehead atoms. The Bertz CT molecular complexity index is 179. The minimum absolute atomic E-state index is 0.186. The summed E-state index contributed by atoms with van der Waals surface area (Å²) in [5, 5.41) is 17.5. The summed E-state index contributed by atoms with van der Waals surface area (Å²) < 4.78 is 0. The van der Waals surface area contributed by atoms with Gasteiger partial charge in [0, 0.05) is 12.8 Å². The van der Waals surface area contributed by atoms with Crippen LogP contribution >= 0.6 is 0 Å². The zero-order chi connectivity index (χ0) is 11.1. The molecule has 14 heavy (non-hydrogen) atoms. The molecule has 0 spiro atoms. The Morgan fingerprint density at radius 3 is 2.07 bits per heavy atom. The lowest BCUT2D eigenvalue weighted by molar-refractivity contribution is -0.137. The molecule has 0 fully saturated rings. The number of aliphatic hydroxyl groups excluding tert-OH is 1. The Balaban J connectivity index is 3.89. The van der Waals surface area contributed by atoms with Crippen LogP contribution in [0.1, 0.15) is 39.5 Å². The number of aliphatic hydroxyl groups is 1. The van der Waals surface area contributed by atoms with Crippen molar-refractivity contribution < 1.29 is 15.0 Å². The van der Waals surface area contributed by atoms with E-state index < -0.39 is 5.97 Å². The van der Waals surface area contributed by atoms with Crippen LogP contribution in [-0.2, 0) is 4.79 Å². The maximum Gasteiger partial charge on any atom is 0.303 e. The van der Waals surface area contributed by atoms with Crippen LogP contribution < -0.4 is 0 Å². The highest BCUT2D eigenvalue weighted by Crippen LogP contribution is 2.23. The van der Waals surface area contributed by atoms with Gasteiger partial charge >= 0.3 is 5.97 Å². The standard InChI is InChI=1S/C11H20O3/c1-8(2)10(5-4-9(3)12)6-7-11(13)14/h8,10,12H,3-7H2,1-2H3,(H,13,14). The van der Waals surface area contributed by atoms with Crippen LogP contribution in [0.3, 0.4) is 0 Å². The van der Waals surface area contributed by atoms with Crippen molar-refractivity contribution in [3.8, 4) is 0 Å². The molecule has 0 aromatic carbocycles. The summed E-state index contributed by atoms with van der Waals surface area (Å²) in [4.78, 5) is 10.4. The molecule has 0 heterocycles. The molecule has 3 nitrogen and oxygen atoms in total. The van der Waals surface area contributed by atoms with E-state index in [-0.39, 0.29) is 12.2 Å². The summed E-state index contributed by atoms with van der Waals surface area (Å²) in [5.41, 5.74) is 0. The van der Waals surface area contributed by atoms with Crippen molar-refractivity contribution >= 4 is 5.97 Å². The molecule has 0 aliphatic carbocycles. The first-order chi connectivity index (χ1) is 6.43. The highest BCUT2D eigenvalue weighted by Gasteiger charge is 2.14. The van der Waals surface area contributed by atoms with E-state index in [4.69, 9.17) is 10.2 Å². The number of carboxylic acid groups (broad SMARTS) is 1. The third-order valence-corrected chi connectivity index (χ3v) is 2.48. The van der Waals surface area contributed by atoms with Gasteiger partial charge in [-0.1, -0.05) is 20.4 Å². The van der Waals surface area contributed by atoms with E-state index in [2.05, 4.69) is 20.4 Å². The van der Waals surface area contributed by atoms with Gasteiger partial charge in [0.2, 0.25) is 0 Å². The summed E-state index contributed by atoms with van der Waals surface area (Å²) in [5.74, 6) is 0.244. The normalized spacial score (nSPS) is 12.8. The molecule has 0 aromatic rings. The summed E-state index contributed by atoms with van der Waals surface area (Å²) >= 11 is 0. The van der Waals surface area contributed by atoms with Crippen molar-refractivity contribution in [3.63, 3.8) is 0 Å². The zero-order valence-electron chi connectivity index (χ0n) is 8.99. The van der Waals surface area contributed by atoms with Crippen molar-refractivity contribution in [1.82, 2.24) is 0 Å². The molecule has 0 rings (SSSR count). The third-order valence-electron chi connectivity index (χ3n) is 2.48. The molecule has 0 saturated heterocycles. The molecular formula is C11H20O3. The average Bonchev–Trinajstić information content (AvgIpc) is 2.02. The summed E-state index contributed by atoms with van der Waals surface area (Å²) in [6, 6.07) is 0. The number of hydrogen-bond acceptors (Lipinski definition) is 2. The van der Waals surface area contributed by atoms with E-state index in [0.717, 1.165) is 6.42 Å². The third kappa shape index (κ3) is 6.52. The van der Waals surface area contributed by atoms with Crippen LogP contribution in [0.25, 0.3) is 0 Å². The molecule has 0 saturated carbocycles. The second-order valence-corrected chi connectivity index (χ2v) is 4.04. The highest BCUT2D eigenvalue weighted by molar-refractivity contribution is 5.66. The van der Waals surface area contributed by atoms with Gasteiger partial charge in [-0.05, 0) is 24.7 Å². The van der Waals surface area contributed by atoms with Gasteiger partial charge < -0.3 is 10.2 Å². The van der Waals surface area contributed by atoms with Gasteiger partial charge in [0.05, 0.1) is 5.76 Å². The summed E-state index contributed by atoms with van der Waals surface area (Å²) in [6.07, 6.45) is 2.28. The molecule has 0 aliphatic heterocycles. The molecule has 0 radical (unpaired) electrons. The number of allylic oxidation sites excluding steroid dienone is 1. The first-order valence-corrected chi connectivity index (χ1v) is 5.02. The van der Waals surface area contributed by atoms with Crippen molar-refractivity contribution in [2.75, 3.05) is 0 Å². The van der Waals surface area contributed by atoms with Gasteiger partial charge in [-0.2, -0.15) is 0 Å². The fourth-order valence-corrected chi connectivity index (χ4v) is 1.47. The second-order valence-electron chi connectivity index (χ2n) is 4.04. The van der Waals surface area contributed by atoms with Gasteiger partial charge in [-0.25, -0.2) is 0 Å². The van der Waals surface area contributed by atoms with E-state index in [0.29, 0.717) is 24.7 Å². The minimum atomic E-state index is -0.751. The molecule has 0 amide bonds. The number of aliphatic carboxylic acids is 1. The molecule has 0 aliphatic rings. The van der Waals surface area contributed by atoms with Crippen molar-refractivity contribution in [2.45, 2.75) is 39.5 Å². The van der Waals surface area contributed by atoms with Crippen LogP contribution in [0, 0.1) is 11.8 Å². The Morgan fingerprint density at radius 2 is 1.71 bits per heavy atom.